The molecule has 0 saturated carbocycles. The average molecular weight is 305 g/mol. The van der Waals surface area contributed by atoms with Crippen molar-refractivity contribution < 1.29 is 17.9 Å². The molecule has 7 heteroatoms. The molecule has 0 atom stereocenters. The van der Waals surface area contributed by atoms with Gasteiger partial charge in [0.15, 0.2) is 0 Å². The SMILES string of the molecule is CCCNc1cc(C(F)(F)F)cc(NCCCOCC)n1. The molecule has 0 aromatic carbocycles. The predicted octanol–water partition coefficient (Wildman–Crippen LogP) is 3.76. The molecule has 0 unspecified atom stereocenters. The maximum absolute atomic E-state index is 12.9. The fourth-order valence-electron chi connectivity index (χ4n) is 1.66. The van der Waals surface area contributed by atoms with Gasteiger partial charge in [0.2, 0.25) is 0 Å². The number of hydrogen-bond donors (Lipinski definition) is 2. The van der Waals surface area contributed by atoms with Crippen LogP contribution in [0.5, 0.6) is 0 Å². The molecule has 0 aliphatic carbocycles. The van der Waals surface area contributed by atoms with Gasteiger partial charge in [-0.15, -0.1) is 0 Å². The van der Waals surface area contributed by atoms with Crippen molar-refractivity contribution in [1.82, 2.24) is 4.98 Å². The van der Waals surface area contributed by atoms with Gasteiger partial charge in [-0.1, -0.05) is 6.92 Å². The fraction of sp³-hybridized carbons (Fsp3) is 0.643. The number of hydrogen-bond acceptors (Lipinski definition) is 4. The third-order valence-corrected chi connectivity index (χ3v) is 2.68. The molecule has 120 valence electrons. The third kappa shape index (κ3) is 6.66. The van der Waals surface area contributed by atoms with Crippen LogP contribution < -0.4 is 10.6 Å². The highest BCUT2D eigenvalue weighted by molar-refractivity contribution is 5.49. The number of rotatable bonds is 9. The van der Waals surface area contributed by atoms with Gasteiger partial charge < -0.3 is 15.4 Å². The molecule has 0 radical (unpaired) electrons. The van der Waals surface area contributed by atoms with E-state index in [-0.39, 0.29) is 11.6 Å². The van der Waals surface area contributed by atoms with Crippen LogP contribution in [0, 0.1) is 0 Å². The fourth-order valence-corrected chi connectivity index (χ4v) is 1.66. The van der Waals surface area contributed by atoms with Crippen molar-refractivity contribution in [3.8, 4) is 0 Å². The highest BCUT2D eigenvalue weighted by Crippen LogP contribution is 2.32. The Morgan fingerprint density at radius 1 is 1.10 bits per heavy atom. The number of halogens is 3. The van der Waals surface area contributed by atoms with Gasteiger partial charge in [-0.2, -0.15) is 13.2 Å². The third-order valence-electron chi connectivity index (χ3n) is 2.68. The van der Waals surface area contributed by atoms with Crippen LogP contribution in [0.2, 0.25) is 0 Å². The van der Waals surface area contributed by atoms with Gasteiger partial charge in [0.05, 0.1) is 5.56 Å². The topological polar surface area (TPSA) is 46.2 Å². The lowest BCUT2D eigenvalue weighted by molar-refractivity contribution is -0.137. The zero-order chi connectivity index (χ0) is 15.7. The van der Waals surface area contributed by atoms with Gasteiger partial charge in [0.25, 0.3) is 0 Å². The van der Waals surface area contributed by atoms with Gasteiger partial charge in [0, 0.05) is 26.3 Å². The molecule has 0 aliphatic heterocycles. The van der Waals surface area contributed by atoms with E-state index in [1.54, 1.807) is 0 Å². The largest absolute Gasteiger partial charge is 0.416 e. The highest BCUT2D eigenvalue weighted by Gasteiger charge is 2.31. The predicted molar refractivity (Wildman–Crippen MR) is 77.6 cm³/mol. The summed E-state index contributed by atoms with van der Waals surface area (Å²) in [6.07, 6.45) is -2.86. The van der Waals surface area contributed by atoms with Crippen LogP contribution in [0.3, 0.4) is 0 Å². The minimum Gasteiger partial charge on any atom is -0.382 e. The minimum absolute atomic E-state index is 0.222. The van der Waals surface area contributed by atoms with Gasteiger partial charge in [-0.3, -0.25) is 0 Å². The second-order valence-electron chi connectivity index (χ2n) is 4.53. The van der Waals surface area contributed by atoms with Crippen LogP contribution in [0.15, 0.2) is 12.1 Å². The number of ether oxygens (including phenoxy) is 1. The number of pyridine rings is 1. The van der Waals surface area contributed by atoms with E-state index in [1.807, 2.05) is 13.8 Å². The summed E-state index contributed by atoms with van der Waals surface area (Å²) in [5, 5.41) is 5.78. The average Bonchev–Trinajstić information content (AvgIpc) is 2.44. The highest BCUT2D eigenvalue weighted by atomic mass is 19.4. The zero-order valence-electron chi connectivity index (χ0n) is 12.4. The molecule has 1 aromatic heterocycles. The smallest absolute Gasteiger partial charge is 0.382 e. The van der Waals surface area contributed by atoms with E-state index in [0.29, 0.717) is 32.7 Å². The first-order chi connectivity index (χ1) is 9.97. The van der Waals surface area contributed by atoms with Crippen molar-refractivity contribution >= 4 is 11.6 Å². The number of nitrogens with zero attached hydrogens (tertiary/aromatic N) is 1. The zero-order valence-corrected chi connectivity index (χ0v) is 12.4. The summed E-state index contributed by atoms with van der Waals surface area (Å²) in [7, 11) is 0. The summed E-state index contributed by atoms with van der Waals surface area (Å²) in [6, 6.07) is 2.05. The molecule has 1 heterocycles. The minimum atomic E-state index is -4.38. The lowest BCUT2D eigenvalue weighted by Crippen LogP contribution is -2.12. The van der Waals surface area contributed by atoms with E-state index in [1.165, 1.54) is 0 Å². The Morgan fingerprint density at radius 3 is 2.24 bits per heavy atom. The van der Waals surface area contributed by atoms with Crippen LogP contribution in [-0.4, -0.2) is 31.3 Å². The van der Waals surface area contributed by atoms with Crippen LogP contribution in [0.1, 0.15) is 32.3 Å². The molecule has 4 nitrogen and oxygen atoms in total. The summed E-state index contributed by atoms with van der Waals surface area (Å²) in [5.74, 6) is 0.457. The molecule has 0 bridgehead atoms. The molecular weight excluding hydrogens is 283 g/mol. The Labute approximate surface area is 123 Å². The second kappa shape index (κ2) is 8.71. The summed E-state index contributed by atoms with van der Waals surface area (Å²) in [5.41, 5.74) is -0.705. The summed E-state index contributed by atoms with van der Waals surface area (Å²) in [4.78, 5) is 4.14. The van der Waals surface area contributed by atoms with E-state index in [9.17, 15) is 13.2 Å². The molecule has 0 fully saturated rings. The summed E-state index contributed by atoms with van der Waals surface area (Å²) >= 11 is 0. The number of anilines is 2. The Bertz CT molecular complexity index is 424. The van der Waals surface area contributed by atoms with E-state index < -0.39 is 11.7 Å². The van der Waals surface area contributed by atoms with Gasteiger partial charge >= 0.3 is 6.18 Å². The van der Waals surface area contributed by atoms with Crippen molar-refractivity contribution in [2.45, 2.75) is 32.9 Å². The van der Waals surface area contributed by atoms with E-state index in [2.05, 4.69) is 15.6 Å². The lowest BCUT2D eigenvalue weighted by atomic mass is 10.2. The van der Waals surface area contributed by atoms with Crippen molar-refractivity contribution in [3.05, 3.63) is 17.7 Å². The molecular formula is C14H22F3N3O. The van der Waals surface area contributed by atoms with Crippen molar-refractivity contribution in [2.24, 2.45) is 0 Å². The maximum atomic E-state index is 12.9. The first-order valence-electron chi connectivity index (χ1n) is 7.12. The van der Waals surface area contributed by atoms with Gasteiger partial charge in [-0.25, -0.2) is 4.98 Å². The second-order valence-corrected chi connectivity index (χ2v) is 4.53. The van der Waals surface area contributed by atoms with E-state index in [0.717, 1.165) is 18.6 Å². The Hall–Kier alpha value is -1.50. The van der Waals surface area contributed by atoms with E-state index in [4.69, 9.17) is 4.74 Å². The molecule has 0 spiro atoms. The maximum Gasteiger partial charge on any atom is 0.416 e. The van der Waals surface area contributed by atoms with Crippen LogP contribution in [-0.2, 0) is 10.9 Å². The van der Waals surface area contributed by atoms with Gasteiger partial charge in [-0.05, 0) is 31.9 Å². The first kappa shape index (κ1) is 17.6. The van der Waals surface area contributed by atoms with Crippen molar-refractivity contribution in [2.75, 3.05) is 36.9 Å². The van der Waals surface area contributed by atoms with Crippen molar-refractivity contribution in [1.29, 1.82) is 0 Å². The number of alkyl halides is 3. The summed E-state index contributed by atoms with van der Waals surface area (Å²) in [6.45, 7) is 6.14. The molecule has 0 saturated heterocycles. The van der Waals surface area contributed by atoms with Gasteiger partial charge in [0.1, 0.15) is 11.6 Å². The normalized spacial score (nSPS) is 11.5. The van der Waals surface area contributed by atoms with E-state index >= 15 is 0 Å². The quantitative estimate of drug-likeness (QED) is 0.682. The Kier molecular flexibility index (Phi) is 7.28. The molecule has 1 aromatic rings. The molecule has 21 heavy (non-hydrogen) atoms. The van der Waals surface area contributed by atoms with Crippen LogP contribution in [0.25, 0.3) is 0 Å². The Morgan fingerprint density at radius 2 is 1.71 bits per heavy atom. The number of nitrogens with one attached hydrogen (secondary N) is 2. The summed E-state index contributed by atoms with van der Waals surface area (Å²) < 4.78 is 43.7. The molecule has 0 aliphatic rings. The molecule has 0 amide bonds. The first-order valence-corrected chi connectivity index (χ1v) is 7.12. The molecule has 2 N–H and O–H groups in total. The lowest BCUT2D eigenvalue weighted by Gasteiger charge is -2.13. The van der Waals surface area contributed by atoms with Crippen LogP contribution in [0.4, 0.5) is 24.8 Å². The van der Waals surface area contributed by atoms with Crippen LogP contribution >= 0.6 is 0 Å². The number of aromatic nitrogens is 1. The molecule has 1 rings (SSSR count). The Balaban J connectivity index is 2.72. The monoisotopic (exact) mass is 305 g/mol. The van der Waals surface area contributed by atoms with Crippen molar-refractivity contribution in [3.63, 3.8) is 0 Å². The standard InChI is InChI=1S/C14H22F3N3O/c1-3-6-18-12-9-11(14(15,16)17)10-13(20-12)19-7-5-8-21-4-2/h9-10H,3-8H2,1-2H3,(H2,18,19,20).